The number of rotatable bonds is 1. The second-order valence-electron chi connectivity index (χ2n) is 3.35. The van der Waals surface area contributed by atoms with E-state index in [1.54, 1.807) is 0 Å². The van der Waals surface area contributed by atoms with Crippen LogP contribution < -0.4 is 0 Å². The molecule has 1 aromatic rings. The molecule has 70 valence electrons. The molecule has 1 heterocycles. The van der Waals surface area contributed by atoms with Crippen LogP contribution in [0.4, 0.5) is 0 Å². The van der Waals surface area contributed by atoms with Gasteiger partial charge in [-0.1, -0.05) is 12.8 Å². The van der Waals surface area contributed by atoms with Crippen LogP contribution in [-0.4, -0.2) is 9.97 Å². The molecule has 0 unspecified atom stereocenters. The normalized spacial score (nSPS) is 18.0. The van der Waals surface area contributed by atoms with Gasteiger partial charge in [-0.05, 0) is 44.7 Å². The fraction of sp³-hybridized carbons (Fsp3) is 0.556. The van der Waals surface area contributed by atoms with Gasteiger partial charge >= 0.3 is 0 Å². The highest BCUT2D eigenvalue weighted by atomic mass is 79.9. The number of aromatic nitrogens is 2. The molecular weight excluding hydrogens is 296 g/mol. The highest BCUT2D eigenvalue weighted by molar-refractivity contribution is 9.13. The van der Waals surface area contributed by atoms with E-state index in [-0.39, 0.29) is 0 Å². The first-order valence-corrected chi connectivity index (χ1v) is 6.04. The first kappa shape index (κ1) is 9.59. The summed E-state index contributed by atoms with van der Waals surface area (Å²) in [6.07, 6.45) is 6.95. The first-order chi connectivity index (χ1) is 6.27. The second-order valence-corrected chi connectivity index (χ2v) is 4.95. The molecule has 0 N–H and O–H groups in total. The van der Waals surface area contributed by atoms with E-state index in [2.05, 4.69) is 41.8 Å². The van der Waals surface area contributed by atoms with Crippen molar-refractivity contribution in [3.8, 4) is 0 Å². The zero-order valence-electron chi connectivity index (χ0n) is 7.13. The van der Waals surface area contributed by atoms with Gasteiger partial charge in [-0.3, -0.25) is 0 Å². The van der Waals surface area contributed by atoms with Gasteiger partial charge in [0.1, 0.15) is 10.4 Å². The molecule has 1 aliphatic carbocycles. The van der Waals surface area contributed by atoms with Crippen molar-refractivity contribution in [2.45, 2.75) is 31.6 Å². The van der Waals surface area contributed by atoms with Crippen LogP contribution >= 0.6 is 31.9 Å². The minimum absolute atomic E-state index is 0.587. The first-order valence-electron chi connectivity index (χ1n) is 4.45. The van der Waals surface area contributed by atoms with Crippen molar-refractivity contribution in [1.82, 2.24) is 9.97 Å². The van der Waals surface area contributed by atoms with E-state index < -0.39 is 0 Å². The summed E-state index contributed by atoms with van der Waals surface area (Å²) in [5.41, 5.74) is 0. The van der Waals surface area contributed by atoms with Crippen molar-refractivity contribution in [1.29, 1.82) is 0 Å². The summed E-state index contributed by atoms with van der Waals surface area (Å²) in [4.78, 5) is 8.75. The summed E-state index contributed by atoms with van der Waals surface area (Å²) in [5, 5.41) is 0. The van der Waals surface area contributed by atoms with Gasteiger partial charge in [0.25, 0.3) is 0 Å². The van der Waals surface area contributed by atoms with E-state index in [1.807, 2.05) is 6.20 Å². The molecule has 0 spiro atoms. The lowest BCUT2D eigenvalue weighted by atomic mass is 10.1. The third-order valence-corrected chi connectivity index (χ3v) is 4.16. The SMILES string of the molecule is Brc1cnc(C2CCCC2)nc1Br. The minimum Gasteiger partial charge on any atom is -0.240 e. The Balaban J connectivity index is 2.25. The van der Waals surface area contributed by atoms with Crippen molar-refractivity contribution in [3.05, 3.63) is 21.1 Å². The van der Waals surface area contributed by atoms with E-state index in [0.717, 1.165) is 14.9 Å². The topological polar surface area (TPSA) is 25.8 Å². The minimum atomic E-state index is 0.587. The fourth-order valence-corrected chi connectivity index (χ4v) is 2.21. The van der Waals surface area contributed by atoms with E-state index in [4.69, 9.17) is 0 Å². The zero-order chi connectivity index (χ0) is 9.26. The van der Waals surface area contributed by atoms with Crippen LogP contribution in [-0.2, 0) is 0 Å². The summed E-state index contributed by atoms with van der Waals surface area (Å²) in [7, 11) is 0. The zero-order valence-corrected chi connectivity index (χ0v) is 10.3. The number of nitrogens with zero attached hydrogens (tertiary/aromatic N) is 2. The van der Waals surface area contributed by atoms with Gasteiger partial charge in [0.15, 0.2) is 0 Å². The summed E-state index contributed by atoms with van der Waals surface area (Å²) < 4.78 is 1.79. The molecule has 4 heteroatoms. The Labute approximate surface area is 94.4 Å². The lowest BCUT2D eigenvalue weighted by Crippen LogP contribution is -2.00. The lowest BCUT2D eigenvalue weighted by Gasteiger charge is -2.07. The molecule has 0 amide bonds. The molecule has 0 aliphatic heterocycles. The average Bonchev–Trinajstić information content (AvgIpc) is 2.62. The molecule has 1 aliphatic rings. The molecule has 0 aromatic carbocycles. The predicted octanol–water partition coefficient (Wildman–Crippen LogP) is 3.66. The van der Waals surface area contributed by atoms with Gasteiger partial charge in [-0.2, -0.15) is 0 Å². The maximum absolute atomic E-state index is 4.41. The number of halogens is 2. The highest BCUT2D eigenvalue weighted by Crippen LogP contribution is 2.33. The molecule has 1 saturated carbocycles. The molecule has 0 saturated heterocycles. The largest absolute Gasteiger partial charge is 0.240 e. The molecule has 2 rings (SSSR count). The van der Waals surface area contributed by atoms with Crippen LogP contribution in [0.15, 0.2) is 15.3 Å². The van der Waals surface area contributed by atoms with E-state index in [9.17, 15) is 0 Å². The number of hydrogen-bond donors (Lipinski definition) is 0. The monoisotopic (exact) mass is 304 g/mol. The van der Waals surface area contributed by atoms with Crippen LogP contribution in [0.5, 0.6) is 0 Å². The van der Waals surface area contributed by atoms with E-state index >= 15 is 0 Å². The van der Waals surface area contributed by atoms with Crippen molar-refractivity contribution in [3.63, 3.8) is 0 Å². The average molecular weight is 306 g/mol. The molecule has 0 atom stereocenters. The van der Waals surface area contributed by atoms with Gasteiger partial charge < -0.3 is 0 Å². The van der Waals surface area contributed by atoms with Crippen molar-refractivity contribution in [2.24, 2.45) is 0 Å². The third kappa shape index (κ3) is 2.10. The van der Waals surface area contributed by atoms with Crippen molar-refractivity contribution in [2.75, 3.05) is 0 Å². The summed E-state index contributed by atoms with van der Waals surface area (Å²) >= 11 is 6.76. The standard InChI is InChI=1S/C9H10Br2N2/c10-7-5-12-9(13-8(7)11)6-3-1-2-4-6/h5-6H,1-4H2. The Kier molecular flexibility index (Phi) is 2.99. The van der Waals surface area contributed by atoms with E-state index in [0.29, 0.717) is 5.92 Å². The Morgan fingerprint density at radius 3 is 2.54 bits per heavy atom. The lowest BCUT2D eigenvalue weighted by molar-refractivity contribution is 0.664. The number of hydrogen-bond acceptors (Lipinski definition) is 2. The molecular formula is C9H10Br2N2. The Morgan fingerprint density at radius 1 is 1.23 bits per heavy atom. The van der Waals surface area contributed by atoms with Gasteiger partial charge in [0.05, 0.1) is 4.47 Å². The second kappa shape index (κ2) is 4.05. The Bertz CT molecular complexity index is 308. The quantitative estimate of drug-likeness (QED) is 0.740. The molecule has 13 heavy (non-hydrogen) atoms. The van der Waals surface area contributed by atoms with E-state index in [1.165, 1.54) is 25.7 Å². The van der Waals surface area contributed by atoms with Crippen LogP contribution in [0, 0.1) is 0 Å². The summed E-state index contributed by atoms with van der Waals surface area (Å²) in [5.74, 6) is 1.58. The molecule has 2 nitrogen and oxygen atoms in total. The molecule has 0 bridgehead atoms. The Morgan fingerprint density at radius 2 is 1.92 bits per heavy atom. The van der Waals surface area contributed by atoms with Crippen molar-refractivity contribution < 1.29 is 0 Å². The maximum Gasteiger partial charge on any atom is 0.132 e. The Hall–Kier alpha value is 0.0400. The summed E-state index contributed by atoms with van der Waals surface area (Å²) in [6.45, 7) is 0. The summed E-state index contributed by atoms with van der Waals surface area (Å²) in [6, 6.07) is 0. The third-order valence-electron chi connectivity index (χ3n) is 2.44. The van der Waals surface area contributed by atoms with Crippen LogP contribution in [0.3, 0.4) is 0 Å². The fourth-order valence-electron chi connectivity index (χ4n) is 1.74. The van der Waals surface area contributed by atoms with Crippen molar-refractivity contribution >= 4 is 31.9 Å². The van der Waals surface area contributed by atoms with Crippen LogP contribution in [0.25, 0.3) is 0 Å². The highest BCUT2D eigenvalue weighted by Gasteiger charge is 2.19. The molecule has 0 radical (unpaired) electrons. The smallest absolute Gasteiger partial charge is 0.132 e. The molecule has 1 fully saturated rings. The van der Waals surface area contributed by atoms with Crippen LogP contribution in [0.2, 0.25) is 0 Å². The van der Waals surface area contributed by atoms with Crippen LogP contribution in [0.1, 0.15) is 37.4 Å². The maximum atomic E-state index is 4.41. The van der Waals surface area contributed by atoms with Gasteiger partial charge in [-0.15, -0.1) is 0 Å². The van der Waals surface area contributed by atoms with Gasteiger partial charge in [-0.25, -0.2) is 9.97 Å². The van der Waals surface area contributed by atoms with Gasteiger partial charge in [0, 0.05) is 12.1 Å². The molecule has 1 aromatic heterocycles. The van der Waals surface area contributed by atoms with Gasteiger partial charge in [0.2, 0.25) is 0 Å². The predicted molar refractivity (Wildman–Crippen MR) is 58.6 cm³/mol.